The molecule has 216 valence electrons. The number of phenols is 1. The molecule has 0 spiro atoms. The SMILES string of the molecule is CC1=C([C@H](O)CC/C(=C/c2cccc(O)c2)c2ccccn2)[C@H](CO)[C@@H]2C(=O)N(c3cccc([N+](=O)[O-])c3)C(=O)[C@@H]2C1. The van der Waals surface area contributed by atoms with Crippen molar-refractivity contribution in [3.8, 4) is 5.75 Å². The van der Waals surface area contributed by atoms with Crippen molar-refractivity contribution in [1.29, 1.82) is 0 Å². The summed E-state index contributed by atoms with van der Waals surface area (Å²) in [5.41, 5.74) is 3.46. The molecule has 2 heterocycles. The zero-order valence-corrected chi connectivity index (χ0v) is 23.0. The van der Waals surface area contributed by atoms with Crippen LogP contribution in [0.1, 0.15) is 37.4 Å². The molecule has 42 heavy (non-hydrogen) atoms. The summed E-state index contributed by atoms with van der Waals surface area (Å²) in [6.45, 7) is 1.35. The van der Waals surface area contributed by atoms with E-state index in [0.29, 0.717) is 17.7 Å². The summed E-state index contributed by atoms with van der Waals surface area (Å²) in [6.07, 6.45) is 3.46. The van der Waals surface area contributed by atoms with Gasteiger partial charge in [0.25, 0.3) is 5.69 Å². The van der Waals surface area contributed by atoms with Crippen molar-refractivity contribution in [1.82, 2.24) is 4.98 Å². The van der Waals surface area contributed by atoms with E-state index in [2.05, 4.69) is 4.98 Å². The van der Waals surface area contributed by atoms with Crippen LogP contribution in [0.3, 0.4) is 0 Å². The molecule has 0 bridgehead atoms. The number of nitro groups is 1. The number of non-ortho nitro benzene ring substituents is 1. The highest BCUT2D eigenvalue weighted by atomic mass is 16.6. The van der Waals surface area contributed by atoms with Gasteiger partial charge in [-0.3, -0.25) is 24.7 Å². The third-order valence-corrected chi connectivity index (χ3v) is 8.08. The quantitative estimate of drug-likeness (QED) is 0.147. The van der Waals surface area contributed by atoms with Crippen LogP contribution in [0.4, 0.5) is 11.4 Å². The van der Waals surface area contributed by atoms with E-state index in [0.717, 1.165) is 21.6 Å². The Morgan fingerprint density at radius 1 is 1.12 bits per heavy atom. The highest BCUT2D eigenvalue weighted by Gasteiger charge is 2.55. The number of aliphatic hydroxyl groups is 2. The van der Waals surface area contributed by atoms with E-state index >= 15 is 0 Å². The smallest absolute Gasteiger partial charge is 0.271 e. The van der Waals surface area contributed by atoms with Gasteiger partial charge in [0.2, 0.25) is 11.8 Å². The number of allylic oxidation sites excluding steroid dienone is 2. The minimum absolute atomic E-state index is 0.113. The molecule has 2 amide bonds. The Hall–Kier alpha value is -4.67. The monoisotopic (exact) mass is 569 g/mol. The van der Waals surface area contributed by atoms with Crippen LogP contribution in [0, 0.1) is 27.9 Å². The van der Waals surface area contributed by atoms with Crippen molar-refractivity contribution in [3.63, 3.8) is 0 Å². The molecule has 3 N–H and O–H groups in total. The number of anilines is 1. The second-order valence-electron chi connectivity index (χ2n) is 10.7. The van der Waals surface area contributed by atoms with Gasteiger partial charge in [0, 0.05) is 24.2 Å². The number of carbonyl (C=O) groups excluding carboxylic acids is 2. The number of nitro benzene ring substituents is 1. The fourth-order valence-corrected chi connectivity index (χ4v) is 6.21. The molecule has 10 heteroatoms. The van der Waals surface area contributed by atoms with Crippen molar-refractivity contribution in [2.75, 3.05) is 11.5 Å². The Labute approximate surface area is 242 Å². The van der Waals surface area contributed by atoms with Gasteiger partial charge in [-0.1, -0.05) is 29.8 Å². The number of hydrogen-bond acceptors (Lipinski definition) is 8. The number of phenolic OH excluding ortho intramolecular Hbond substituents is 1. The average Bonchev–Trinajstić information content (AvgIpc) is 3.23. The number of nitrogens with zero attached hydrogens (tertiary/aromatic N) is 3. The molecular weight excluding hydrogens is 538 g/mol. The molecular formula is C32H31N3O7. The summed E-state index contributed by atoms with van der Waals surface area (Å²) >= 11 is 0. The first-order valence-corrected chi connectivity index (χ1v) is 13.7. The zero-order chi connectivity index (χ0) is 30.0. The second-order valence-corrected chi connectivity index (χ2v) is 10.7. The molecule has 10 nitrogen and oxygen atoms in total. The molecule has 1 aromatic heterocycles. The van der Waals surface area contributed by atoms with Crippen LogP contribution < -0.4 is 4.90 Å². The van der Waals surface area contributed by atoms with Gasteiger partial charge in [-0.15, -0.1) is 0 Å². The molecule has 2 aromatic carbocycles. The predicted molar refractivity (Wildman–Crippen MR) is 156 cm³/mol. The molecule has 3 aromatic rings. The summed E-state index contributed by atoms with van der Waals surface area (Å²) < 4.78 is 0. The summed E-state index contributed by atoms with van der Waals surface area (Å²) in [7, 11) is 0. The van der Waals surface area contributed by atoms with E-state index in [4.69, 9.17) is 0 Å². The number of hydrogen-bond donors (Lipinski definition) is 3. The standard InChI is InChI=1S/C32H31N3O7/c1-19-14-25-30(32(40)34(31(25)39)22-7-5-8-23(17-22)35(41)42)26(18-36)29(19)28(38)12-11-21(27-10-2-3-13-33-27)15-20-6-4-9-24(37)16-20/h2-10,13,15-17,25-26,28,30,36-38H,11-12,14,18H2,1H3/b21-15-/t25-,26+,28-,30-/m1/s1. The zero-order valence-electron chi connectivity index (χ0n) is 23.0. The molecule has 1 fully saturated rings. The van der Waals surface area contributed by atoms with E-state index in [1.807, 2.05) is 24.3 Å². The molecule has 1 saturated heterocycles. The second kappa shape index (κ2) is 12.1. The van der Waals surface area contributed by atoms with Crippen LogP contribution in [-0.2, 0) is 9.59 Å². The lowest BCUT2D eigenvalue weighted by molar-refractivity contribution is -0.384. The van der Waals surface area contributed by atoms with E-state index in [1.165, 1.54) is 24.3 Å². The highest BCUT2D eigenvalue weighted by molar-refractivity contribution is 6.22. The van der Waals surface area contributed by atoms with Gasteiger partial charge >= 0.3 is 0 Å². The fraction of sp³-hybridized carbons (Fsp3) is 0.281. The van der Waals surface area contributed by atoms with E-state index < -0.39 is 47.2 Å². The van der Waals surface area contributed by atoms with Crippen LogP contribution in [-0.4, -0.2) is 49.8 Å². The number of aromatic hydroxyl groups is 1. The maximum Gasteiger partial charge on any atom is 0.271 e. The van der Waals surface area contributed by atoms with Gasteiger partial charge in [-0.2, -0.15) is 0 Å². The number of fused-ring (bicyclic) bond motifs is 1. The summed E-state index contributed by atoms with van der Waals surface area (Å²) in [5.74, 6) is -3.30. The number of aromatic nitrogens is 1. The van der Waals surface area contributed by atoms with Crippen molar-refractivity contribution < 1.29 is 29.8 Å². The first kappa shape index (κ1) is 28.8. The van der Waals surface area contributed by atoms with Gasteiger partial charge < -0.3 is 15.3 Å². The minimum Gasteiger partial charge on any atom is -0.508 e. The predicted octanol–water partition coefficient (Wildman–Crippen LogP) is 4.51. The van der Waals surface area contributed by atoms with Gasteiger partial charge in [0.1, 0.15) is 5.75 Å². The molecule has 1 aliphatic carbocycles. The van der Waals surface area contributed by atoms with E-state index in [1.54, 1.807) is 37.4 Å². The first-order chi connectivity index (χ1) is 20.2. The first-order valence-electron chi connectivity index (χ1n) is 13.7. The normalized spacial score (nSPS) is 21.5. The maximum absolute atomic E-state index is 13.6. The van der Waals surface area contributed by atoms with E-state index in [9.17, 15) is 35.0 Å². The number of amides is 2. The Kier molecular flexibility index (Phi) is 8.28. The van der Waals surface area contributed by atoms with E-state index in [-0.39, 0.29) is 30.0 Å². The van der Waals surface area contributed by atoms with Crippen molar-refractivity contribution in [3.05, 3.63) is 105 Å². The molecule has 0 radical (unpaired) electrons. The lowest BCUT2D eigenvalue weighted by Crippen LogP contribution is -2.38. The Morgan fingerprint density at radius 3 is 2.60 bits per heavy atom. The largest absolute Gasteiger partial charge is 0.508 e. The van der Waals surface area contributed by atoms with Gasteiger partial charge in [0.15, 0.2) is 0 Å². The van der Waals surface area contributed by atoms with Crippen molar-refractivity contribution in [2.45, 2.75) is 32.3 Å². The molecule has 5 rings (SSSR count). The summed E-state index contributed by atoms with van der Waals surface area (Å²) in [6, 6.07) is 17.7. The van der Waals surface area contributed by atoms with Crippen LogP contribution in [0.2, 0.25) is 0 Å². The number of imide groups is 1. The molecule has 0 unspecified atom stereocenters. The van der Waals surface area contributed by atoms with Gasteiger partial charge in [-0.25, -0.2) is 4.90 Å². The van der Waals surface area contributed by atoms with Crippen LogP contribution in [0.5, 0.6) is 5.75 Å². The van der Waals surface area contributed by atoms with Gasteiger partial charge in [0.05, 0.1) is 40.9 Å². The number of pyridine rings is 1. The average molecular weight is 570 g/mol. The van der Waals surface area contributed by atoms with Crippen LogP contribution >= 0.6 is 0 Å². The lowest BCUT2D eigenvalue weighted by Gasteiger charge is -2.35. The van der Waals surface area contributed by atoms with Gasteiger partial charge in [-0.05, 0) is 79.3 Å². The highest BCUT2D eigenvalue weighted by Crippen LogP contribution is 2.47. The van der Waals surface area contributed by atoms with Crippen LogP contribution in [0.15, 0.2) is 84.1 Å². The third kappa shape index (κ3) is 5.59. The number of rotatable bonds is 9. The molecule has 1 aliphatic heterocycles. The Bertz CT molecular complexity index is 1580. The van der Waals surface area contributed by atoms with Crippen molar-refractivity contribution in [2.24, 2.45) is 17.8 Å². The topological polar surface area (TPSA) is 154 Å². The molecule has 4 atom stereocenters. The maximum atomic E-state index is 13.6. The van der Waals surface area contributed by atoms with Crippen molar-refractivity contribution >= 4 is 34.8 Å². The lowest BCUT2D eigenvalue weighted by atomic mass is 9.68. The Balaban J connectivity index is 1.40. The molecule has 2 aliphatic rings. The summed E-state index contributed by atoms with van der Waals surface area (Å²) in [4.78, 5) is 43.2. The third-order valence-electron chi connectivity index (χ3n) is 8.08. The van der Waals surface area contributed by atoms with Crippen LogP contribution in [0.25, 0.3) is 11.6 Å². The molecule has 0 saturated carbocycles. The number of benzene rings is 2. The number of aliphatic hydroxyl groups excluding tert-OH is 2. The fourth-order valence-electron chi connectivity index (χ4n) is 6.21. The summed E-state index contributed by atoms with van der Waals surface area (Å²) in [5, 5.41) is 43.1. The number of carbonyl (C=O) groups is 2. The Morgan fingerprint density at radius 2 is 1.90 bits per heavy atom. The minimum atomic E-state index is -1.01.